The Hall–Kier alpha value is -2.68. The van der Waals surface area contributed by atoms with Gasteiger partial charge in [0.1, 0.15) is 11.8 Å². The lowest BCUT2D eigenvalue weighted by Gasteiger charge is -2.36. The maximum atomic E-state index is 12.6. The Kier molecular flexibility index (Phi) is 9.71. The summed E-state index contributed by atoms with van der Waals surface area (Å²) in [5.74, 6) is -0.0923. The maximum absolute atomic E-state index is 12.6. The topological polar surface area (TPSA) is 97.0 Å². The predicted molar refractivity (Wildman–Crippen MR) is 121 cm³/mol. The molecule has 1 heterocycles. The number of hydrogen-bond acceptors (Lipinski definition) is 6. The summed E-state index contributed by atoms with van der Waals surface area (Å²) in [4.78, 5) is 38.6. The van der Waals surface area contributed by atoms with Crippen LogP contribution in [0.15, 0.2) is 24.3 Å². The number of benzene rings is 1. The number of thiocarbonyl (C=S) groups is 1. The highest BCUT2D eigenvalue weighted by Crippen LogP contribution is 2.14. The van der Waals surface area contributed by atoms with Gasteiger partial charge in [-0.2, -0.15) is 0 Å². The number of ether oxygens (including phenoxy) is 2. The van der Waals surface area contributed by atoms with E-state index in [0.29, 0.717) is 43.5 Å². The van der Waals surface area contributed by atoms with Crippen LogP contribution in [0.5, 0.6) is 5.75 Å². The third-order valence-electron chi connectivity index (χ3n) is 4.63. The molecule has 8 nitrogen and oxygen atoms in total. The van der Waals surface area contributed by atoms with Crippen molar-refractivity contribution in [1.29, 1.82) is 0 Å². The highest BCUT2D eigenvalue weighted by molar-refractivity contribution is 7.80. The average molecular weight is 450 g/mol. The van der Waals surface area contributed by atoms with Gasteiger partial charge < -0.3 is 19.7 Å². The van der Waals surface area contributed by atoms with Crippen LogP contribution in [0.3, 0.4) is 0 Å². The molecule has 0 aliphatic carbocycles. The van der Waals surface area contributed by atoms with E-state index >= 15 is 0 Å². The fourth-order valence-corrected chi connectivity index (χ4v) is 3.23. The number of unbranched alkanes of at least 4 members (excludes halogenated alkanes) is 1. The van der Waals surface area contributed by atoms with Gasteiger partial charge in [-0.25, -0.2) is 0 Å². The van der Waals surface area contributed by atoms with E-state index in [9.17, 15) is 14.4 Å². The lowest BCUT2D eigenvalue weighted by atomic mass is 10.1. The Balaban J connectivity index is 1.96. The third kappa shape index (κ3) is 7.82. The Morgan fingerprint density at radius 3 is 2.65 bits per heavy atom. The molecule has 0 spiro atoms. The zero-order valence-corrected chi connectivity index (χ0v) is 19.1. The Labute approximate surface area is 188 Å². The van der Waals surface area contributed by atoms with E-state index in [-0.39, 0.29) is 17.4 Å². The highest BCUT2D eigenvalue weighted by Gasteiger charge is 2.34. The number of carbonyl (C=O) groups is 3. The van der Waals surface area contributed by atoms with Gasteiger partial charge in [0.2, 0.25) is 5.91 Å². The molecule has 1 aromatic rings. The summed E-state index contributed by atoms with van der Waals surface area (Å²) in [6, 6.07) is 5.94. The quantitative estimate of drug-likeness (QED) is 0.339. The second-order valence-electron chi connectivity index (χ2n) is 7.77. The van der Waals surface area contributed by atoms with Crippen LogP contribution in [0.2, 0.25) is 0 Å². The van der Waals surface area contributed by atoms with E-state index in [0.717, 1.165) is 12.8 Å². The van der Waals surface area contributed by atoms with Gasteiger partial charge >= 0.3 is 5.97 Å². The molecule has 1 fully saturated rings. The smallest absolute Gasteiger partial charge is 0.308 e. The first-order valence-electron chi connectivity index (χ1n) is 10.6. The molecule has 2 rings (SSSR count). The van der Waals surface area contributed by atoms with Crippen LogP contribution in [-0.2, 0) is 14.3 Å². The van der Waals surface area contributed by atoms with E-state index < -0.39 is 17.9 Å². The zero-order valence-electron chi connectivity index (χ0n) is 18.3. The molecular weight excluding hydrogens is 418 g/mol. The van der Waals surface area contributed by atoms with Gasteiger partial charge in [0.05, 0.1) is 19.6 Å². The molecule has 0 saturated carbocycles. The summed E-state index contributed by atoms with van der Waals surface area (Å²) in [7, 11) is 0. The molecule has 2 amide bonds. The first kappa shape index (κ1) is 24.6. The second-order valence-corrected chi connectivity index (χ2v) is 8.15. The number of nitrogens with zero attached hydrogens (tertiary/aromatic N) is 1. The van der Waals surface area contributed by atoms with E-state index in [2.05, 4.69) is 24.5 Å². The molecule has 1 atom stereocenters. The van der Waals surface area contributed by atoms with E-state index in [4.69, 9.17) is 21.7 Å². The largest absolute Gasteiger partial charge is 0.493 e. The lowest BCUT2D eigenvalue weighted by molar-refractivity contribution is -0.147. The van der Waals surface area contributed by atoms with Crippen molar-refractivity contribution in [3.8, 4) is 5.75 Å². The van der Waals surface area contributed by atoms with Gasteiger partial charge in [-0.3, -0.25) is 19.7 Å². The minimum absolute atomic E-state index is 0.103. The van der Waals surface area contributed by atoms with E-state index in [1.807, 2.05) is 6.92 Å². The normalized spacial score (nSPS) is 15.9. The van der Waals surface area contributed by atoms with Crippen molar-refractivity contribution in [2.24, 2.45) is 5.92 Å². The first-order chi connectivity index (χ1) is 14.8. The molecule has 1 aliphatic heterocycles. The minimum Gasteiger partial charge on any atom is -0.493 e. The Morgan fingerprint density at radius 2 is 2.00 bits per heavy atom. The molecule has 0 radical (unpaired) electrons. The summed E-state index contributed by atoms with van der Waals surface area (Å²) >= 11 is 5.37. The first-order valence-corrected chi connectivity index (χ1v) is 11.0. The van der Waals surface area contributed by atoms with Crippen molar-refractivity contribution in [3.05, 3.63) is 29.8 Å². The van der Waals surface area contributed by atoms with Crippen LogP contribution in [-0.4, -0.2) is 60.1 Å². The van der Waals surface area contributed by atoms with Crippen LogP contribution in [0.25, 0.3) is 0 Å². The van der Waals surface area contributed by atoms with Gasteiger partial charge in [0.25, 0.3) is 5.91 Å². The van der Waals surface area contributed by atoms with Crippen molar-refractivity contribution < 1.29 is 23.9 Å². The van der Waals surface area contributed by atoms with Crippen LogP contribution in [0.1, 0.15) is 50.4 Å². The molecule has 1 unspecified atom stereocenters. The summed E-state index contributed by atoms with van der Waals surface area (Å²) in [5, 5.41) is 5.49. The molecule has 0 bridgehead atoms. The zero-order chi connectivity index (χ0) is 22.8. The van der Waals surface area contributed by atoms with E-state index in [1.165, 1.54) is 0 Å². The summed E-state index contributed by atoms with van der Waals surface area (Å²) in [5.41, 5.74) is 0.413. The van der Waals surface area contributed by atoms with E-state index in [1.54, 1.807) is 29.2 Å². The average Bonchev–Trinajstić information content (AvgIpc) is 2.74. The number of rotatable bonds is 9. The van der Waals surface area contributed by atoms with Crippen LogP contribution < -0.4 is 15.4 Å². The monoisotopic (exact) mass is 449 g/mol. The SMILES string of the molecule is CCCCOC(=O)CC1C(=O)NCCN1C(=S)NC(=O)c1ccc(OCC(C)C)cc1. The molecule has 1 aliphatic rings. The lowest BCUT2D eigenvalue weighted by Crippen LogP contribution is -2.60. The molecule has 1 saturated heterocycles. The van der Waals surface area contributed by atoms with Crippen LogP contribution in [0.4, 0.5) is 0 Å². The van der Waals surface area contributed by atoms with Crippen LogP contribution in [0, 0.1) is 5.92 Å². The Morgan fingerprint density at radius 1 is 1.29 bits per heavy atom. The molecule has 31 heavy (non-hydrogen) atoms. The van der Waals surface area contributed by atoms with Crippen molar-refractivity contribution in [3.63, 3.8) is 0 Å². The standard InChI is InChI=1S/C22H31N3O5S/c1-4-5-12-29-19(26)13-18-21(28)23-10-11-25(18)22(31)24-20(27)16-6-8-17(9-7-16)30-14-15(2)3/h6-9,15,18H,4-5,10-14H2,1-3H3,(H,23,28)(H,24,27,31). The number of carbonyl (C=O) groups excluding carboxylic acids is 3. The number of piperazine rings is 1. The van der Waals surface area contributed by atoms with Gasteiger partial charge in [-0.05, 0) is 48.8 Å². The molecule has 9 heteroatoms. The van der Waals surface area contributed by atoms with Crippen molar-refractivity contribution >= 4 is 35.1 Å². The number of amides is 2. The number of nitrogens with one attached hydrogen (secondary N) is 2. The molecular formula is C22H31N3O5S. The number of esters is 1. The summed E-state index contributed by atoms with van der Waals surface area (Å²) in [6.07, 6.45) is 1.54. The fraction of sp³-hybridized carbons (Fsp3) is 0.545. The minimum atomic E-state index is -0.817. The van der Waals surface area contributed by atoms with Gasteiger partial charge in [0.15, 0.2) is 5.11 Å². The third-order valence-corrected chi connectivity index (χ3v) is 4.97. The van der Waals surface area contributed by atoms with Crippen molar-refractivity contribution in [2.45, 2.75) is 46.1 Å². The Bertz CT molecular complexity index is 782. The molecule has 170 valence electrons. The van der Waals surface area contributed by atoms with Crippen LogP contribution >= 0.6 is 12.2 Å². The number of hydrogen-bond donors (Lipinski definition) is 2. The van der Waals surface area contributed by atoms with Gasteiger partial charge in [-0.1, -0.05) is 27.2 Å². The molecule has 2 N–H and O–H groups in total. The van der Waals surface area contributed by atoms with Crippen molar-refractivity contribution in [1.82, 2.24) is 15.5 Å². The molecule has 1 aromatic carbocycles. The highest BCUT2D eigenvalue weighted by atomic mass is 32.1. The van der Waals surface area contributed by atoms with Crippen molar-refractivity contribution in [2.75, 3.05) is 26.3 Å². The van der Waals surface area contributed by atoms with Gasteiger partial charge in [-0.15, -0.1) is 0 Å². The van der Waals surface area contributed by atoms with Gasteiger partial charge in [0, 0.05) is 18.7 Å². The summed E-state index contributed by atoms with van der Waals surface area (Å²) < 4.78 is 10.8. The maximum Gasteiger partial charge on any atom is 0.308 e. The summed E-state index contributed by atoms with van der Waals surface area (Å²) in [6.45, 7) is 7.79. The predicted octanol–water partition coefficient (Wildman–Crippen LogP) is 2.27. The molecule has 0 aromatic heterocycles. The second kappa shape index (κ2) is 12.2. The fourth-order valence-electron chi connectivity index (χ4n) is 2.91.